The Morgan fingerprint density at radius 2 is 2.09 bits per heavy atom. The molecule has 0 atom stereocenters. The Morgan fingerprint density at radius 3 is 2.78 bits per heavy atom. The minimum Gasteiger partial charge on any atom is -0.423 e. The van der Waals surface area contributed by atoms with Gasteiger partial charge in [0.25, 0.3) is 5.56 Å². The van der Waals surface area contributed by atoms with Crippen molar-refractivity contribution >= 4 is 22.7 Å². The van der Waals surface area contributed by atoms with E-state index in [4.69, 9.17) is 4.42 Å². The van der Waals surface area contributed by atoms with Crippen LogP contribution in [-0.4, -0.2) is 16.2 Å². The number of nitriles is 1. The number of hydrogen-bond donors (Lipinski definition) is 1. The van der Waals surface area contributed by atoms with Gasteiger partial charge < -0.3 is 9.40 Å². The fraction of sp³-hybridized carbons (Fsp3) is 0.125. The van der Waals surface area contributed by atoms with Crippen molar-refractivity contribution in [2.45, 2.75) is 12.1 Å². The summed E-state index contributed by atoms with van der Waals surface area (Å²) in [4.78, 5) is 30.4. The van der Waals surface area contributed by atoms with E-state index in [-0.39, 0.29) is 11.3 Å². The maximum atomic E-state index is 12.0. The van der Waals surface area contributed by atoms with Crippen LogP contribution in [0.25, 0.3) is 22.2 Å². The Bertz CT molecular complexity index is 1080. The molecule has 3 aromatic rings. The van der Waals surface area contributed by atoms with Crippen molar-refractivity contribution in [3.8, 4) is 17.3 Å². The summed E-state index contributed by atoms with van der Waals surface area (Å²) < 4.78 is 5.21. The minimum atomic E-state index is -0.493. The van der Waals surface area contributed by atoms with E-state index in [9.17, 15) is 14.9 Å². The lowest BCUT2D eigenvalue weighted by Gasteiger charge is -2.07. The zero-order chi connectivity index (χ0) is 16.6. The van der Waals surface area contributed by atoms with E-state index >= 15 is 0 Å². The van der Waals surface area contributed by atoms with Gasteiger partial charge >= 0.3 is 5.63 Å². The van der Waals surface area contributed by atoms with Crippen LogP contribution in [0.15, 0.2) is 43.4 Å². The molecule has 0 saturated carbocycles. The maximum Gasteiger partial charge on any atom is 0.336 e. The molecular formula is C16H11N3O3S. The summed E-state index contributed by atoms with van der Waals surface area (Å²) in [6.45, 7) is 1.82. The number of H-pyrrole nitrogens is 1. The zero-order valence-electron chi connectivity index (χ0n) is 12.3. The summed E-state index contributed by atoms with van der Waals surface area (Å²) in [5, 5.41) is 10.4. The molecule has 3 rings (SSSR count). The molecule has 2 aromatic heterocycles. The molecule has 0 bridgehead atoms. The summed E-state index contributed by atoms with van der Waals surface area (Å²) in [7, 11) is 0. The van der Waals surface area contributed by atoms with Crippen LogP contribution in [0, 0.1) is 18.3 Å². The molecule has 23 heavy (non-hydrogen) atoms. The molecule has 114 valence electrons. The van der Waals surface area contributed by atoms with Gasteiger partial charge in [-0.1, -0.05) is 23.9 Å². The molecule has 1 aromatic carbocycles. The van der Waals surface area contributed by atoms with Gasteiger partial charge in [-0.05, 0) is 24.8 Å². The van der Waals surface area contributed by atoms with E-state index < -0.39 is 11.2 Å². The molecule has 1 N–H and O–H groups in total. The third-order valence-corrected chi connectivity index (χ3v) is 4.01. The van der Waals surface area contributed by atoms with E-state index in [0.29, 0.717) is 16.3 Å². The summed E-state index contributed by atoms with van der Waals surface area (Å²) in [6.07, 6.45) is 1.77. The largest absolute Gasteiger partial charge is 0.423 e. The highest BCUT2D eigenvalue weighted by Crippen LogP contribution is 2.26. The topological polar surface area (TPSA) is 99.8 Å². The molecule has 0 aliphatic rings. The fourth-order valence-corrected chi connectivity index (χ4v) is 2.71. The monoisotopic (exact) mass is 325 g/mol. The van der Waals surface area contributed by atoms with Crippen LogP contribution in [0.5, 0.6) is 0 Å². The first kappa shape index (κ1) is 15.1. The number of nitrogens with one attached hydrogen (secondary N) is 1. The van der Waals surface area contributed by atoms with E-state index in [1.54, 1.807) is 24.5 Å². The predicted molar refractivity (Wildman–Crippen MR) is 87.6 cm³/mol. The number of hydrogen-bond acceptors (Lipinski definition) is 6. The molecule has 6 nitrogen and oxygen atoms in total. The fourth-order valence-electron chi connectivity index (χ4n) is 2.33. The highest BCUT2D eigenvalue weighted by molar-refractivity contribution is 7.98. The van der Waals surface area contributed by atoms with E-state index in [2.05, 4.69) is 9.97 Å². The van der Waals surface area contributed by atoms with Crippen LogP contribution in [0.1, 0.15) is 11.1 Å². The lowest BCUT2D eigenvalue weighted by molar-refractivity contribution is 0.560. The summed E-state index contributed by atoms with van der Waals surface area (Å²) in [5.41, 5.74) is 0.994. The van der Waals surface area contributed by atoms with Gasteiger partial charge in [0.1, 0.15) is 17.2 Å². The highest BCUT2D eigenvalue weighted by Gasteiger charge is 2.14. The molecule has 0 saturated heterocycles. The third kappa shape index (κ3) is 2.64. The number of aromatic amines is 1. The normalized spacial score (nSPS) is 10.7. The number of rotatable bonds is 2. The highest BCUT2D eigenvalue weighted by atomic mass is 32.2. The SMILES string of the molecule is CSc1nc(-c2ccc3c(C)cc(=O)oc3c2)c(C#N)c(=O)[nH]1. The molecule has 0 spiro atoms. The second-order valence-electron chi connectivity index (χ2n) is 4.87. The van der Waals surface area contributed by atoms with Crippen molar-refractivity contribution in [2.75, 3.05) is 6.26 Å². The Kier molecular flexibility index (Phi) is 3.76. The Morgan fingerprint density at radius 1 is 1.30 bits per heavy atom. The molecule has 0 radical (unpaired) electrons. The number of fused-ring (bicyclic) bond motifs is 1. The van der Waals surface area contributed by atoms with E-state index in [0.717, 1.165) is 10.9 Å². The van der Waals surface area contributed by atoms with Gasteiger partial charge in [-0.2, -0.15) is 5.26 Å². The predicted octanol–water partition coefficient (Wildman–Crippen LogP) is 2.45. The van der Waals surface area contributed by atoms with Gasteiger partial charge in [0, 0.05) is 17.0 Å². The molecule has 0 aliphatic heterocycles. The van der Waals surface area contributed by atoms with Gasteiger partial charge in [-0.3, -0.25) is 4.79 Å². The second-order valence-corrected chi connectivity index (χ2v) is 5.66. The molecule has 0 fully saturated rings. The van der Waals surface area contributed by atoms with Crippen LogP contribution in [0.4, 0.5) is 0 Å². The lowest BCUT2D eigenvalue weighted by atomic mass is 10.0. The van der Waals surface area contributed by atoms with E-state index in [1.165, 1.54) is 17.8 Å². The summed E-state index contributed by atoms with van der Waals surface area (Å²) >= 11 is 1.27. The molecular weight excluding hydrogens is 314 g/mol. The molecule has 2 heterocycles. The first-order valence-corrected chi connectivity index (χ1v) is 7.89. The van der Waals surface area contributed by atoms with Crippen molar-refractivity contribution in [1.82, 2.24) is 9.97 Å². The average molecular weight is 325 g/mol. The van der Waals surface area contributed by atoms with Crippen LogP contribution >= 0.6 is 11.8 Å². The first-order chi connectivity index (χ1) is 11.0. The summed E-state index contributed by atoms with van der Waals surface area (Å²) in [5.74, 6) is 0. The number of aryl methyl sites for hydroxylation is 1. The minimum absolute atomic E-state index is 0.0721. The Balaban J connectivity index is 2.33. The molecule has 0 amide bonds. The van der Waals surface area contributed by atoms with Gasteiger partial charge in [0.2, 0.25) is 0 Å². The quantitative estimate of drug-likeness (QED) is 0.441. The van der Waals surface area contributed by atoms with Gasteiger partial charge in [-0.15, -0.1) is 0 Å². The van der Waals surface area contributed by atoms with Gasteiger partial charge in [0.05, 0.1) is 5.69 Å². The van der Waals surface area contributed by atoms with E-state index in [1.807, 2.05) is 13.0 Å². The van der Waals surface area contributed by atoms with Crippen LogP contribution in [-0.2, 0) is 0 Å². The Labute approximate surface area is 134 Å². The number of benzene rings is 1. The second kappa shape index (κ2) is 5.74. The maximum absolute atomic E-state index is 12.0. The molecule has 7 heteroatoms. The van der Waals surface area contributed by atoms with Crippen molar-refractivity contribution in [1.29, 1.82) is 5.26 Å². The van der Waals surface area contributed by atoms with Crippen molar-refractivity contribution < 1.29 is 4.42 Å². The smallest absolute Gasteiger partial charge is 0.336 e. The van der Waals surface area contributed by atoms with Crippen LogP contribution in [0.3, 0.4) is 0 Å². The standard InChI is InChI=1S/C16H11N3O3S/c1-8-5-13(20)22-12-6-9(3-4-10(8)12)14-11(7-17)15(21)19-16(18-14)23-2/h3-6H,1-2H3,(H,18,19,21). The zero-order valence-corrected chi connectivity index (χ0v) is 13.2. The molecule has 0 aliphatic carbocycles. The summed E-state index contributed by atoms with van der Waals surface area (Å²) in [6, 6.07) is 8.45. The average Bonchev–Trinajstić information content (AvgIpc) is 2.53. The third-order valence-electron chi connectivity index (χ3n) is 3.43. The van der Waals surface area contributed by atoms with Gasteiger partial charge in [-0.25, -0.2) is 9.78 Å². The van der Waals surface area contributed by atoms with Crippen LogP contribution in [0.2, 0.25) is 0 Å². The van der Waals surface area contributed by atoms with Gasteiger partial charge in [0.15, 0.2) is 5.16 Å². The first-order valence-electron chi connectivity index (χ1n) is 6.67. The number of nitrogens with zero attached hydrogens (tertiary/aromatic N) is 2. The van der Waals surface area contributed by atoms with Crippen molar-refractivity contribution in [3.63, 3.8) is 0 Å². The lowest BCUT2D eigenvalue weighted by Crippen LogP contribution is -2.14. The van der Waals surface area contributed by atoms with Crippen molar-refractivity contribution in [3.05, 3.63) is 56.2 Å². The van der Waals surface area contributed by atoms with Crippen molar-refractivity contribution in [2.24, 2.45) is 0 Å². The Hall–Kier alpha value is -2.85. The molecule has 0 unspecified atom stereocenters. The number of thioether (sulfide) groups is 1. The number of aromatic nitrogens is 2. The van der Waals surface area contributed by atoms with Crippen LogP contribution < -0.4 is 11.2 Å².